The molecule has 13 heavy (non-hydrogen) atoms. The normalized spacial score (nSPS) is 28.5. The van der Waals surface area contributed by atoms with Gasteiger partial charge >= 0.3 is 5.97 Å². The van der Waals surface area contributed by atoms with Gasteiger partial charge in [0.25, 0.3) is 0 Å². The molecule has 1 aliphatic rings. The maximum atomic E-state index is 11.2. The molecule has 0 atom stereocenters. The summed E-state index contributed by atoms with van der Waals surface area (Å²) in [4.78, 5) is 11.2. The van der Waals surface area contributed by atoms with E-state index in [0.29, 0.717) is 6.04 Å². The van der Waals surface area contributed by atoms with Crippen LogP contribution in [-0.4, -0.2) is 25.7 Å². The Labute approximate surface area is 79.8 Å². The summed E-state index contributed by atoms with van der Waals surface area (Å²) in [6.07, 6.45) is 4.16. The van der Waals surface area contributed by atoms with E-state index in [1.807, 2.05) is 0 Å². The molecule has 0 heterocycles. The molecule has 0 amide bonds. The summed E-state index contributed by atoms with van der Waals surface area (Å²) in [5.74, 6) is 0.120. The lowest BCUT2D eigenvalue weighted by atomic mass is 9.86. The maximum Gasteiger partial charge on any atom is 0.308 e. The van der Waals surface area contributed by atoms with Crippen LogP contribution in [0.3, 0.4) is 0 Å². The van der Waals surface area contributed by atoms with Gasteiger partial charge in [-0.25, -0.2) is 0 Å². The molecule has 0 unspecified atom stereocenters. The highest BCUT2D eigenvalue weighted by Gasteiger charge is 2.25. The fourth-order valence-electron chi connectivity index (χ4n) is 1.99. The van der Waals surface area contributed by atoms with E-state index in [4.69, 9.17) is 4.74 Å². The first-order chi connectivity index (χ1) is 6.27. The van der Waals surface area contributed by atoms with E-state index in [2.05, 4.69) is 12.2 Å². The summed E-state index contributed by atoms with van der Waals surface area (Å²) >= 11 is 0. The van der Waals surface area contributed by atoms with Crippen LogP contribution in [0.4, 0.5) is 0 Å². The molecule has 1 aliphatic carbocycles. The minimum atomic E-state index is -0.0325. The quantitative estimate of drug-likeness (QED) is 0.674. The van der Waals surface area contributed by atoms with Gasteiger partial charge in [-0.05, 0) is 32.2 Å². The first kappa shape index (κ1) is 10.5. The molecule has 0 saturated heterocycles. The van der Waals surface area contributed by atoms with Crippen molar-refractivity contribution in [3.8, 4) is 0 Å². The average Bonchev–Trinajstić information content (AvgIpc) is 2.18. The maximum absolute atomic E-state index is 11.2. The molecular formula is C10H19NO2. The van der Waals surface area contributed by atoms with Gasteiger partial charge in [0.05, 0.1) is 13.0 Å². The van der Waals surface area contributed by atoms with Crippen molar-refractivity contribution in [2.45, 2.75) is 38.6 Å². The van der Waals surface area contributed by atoms with Crippen molar-refractivity contribution < 1.29 is 9.53 Å². The molecule has 1 fully saturated rings. The highest BCUT2D eigenvalue weighted by atomic mass is 16.5. The molecule has 0 aromatic carbocycles. The standard InChI is InChI=1S/C10H19NO2/c1-3-11-9-6-4-8(5-7-9)10(12)13-2/h8-9,11H,3-7H2,1-2H3. The molecule has 1 rings (SSSR count). The van der Waals surface area contributed by atoms with Gasteiger partial charge in [0.15, 0.2) is 0 Å². The number of carbonyl (C=O) groups excluding carboxylic acids is 1. The van der Waals surface area contributed by atoms with E-state index in [9.17, 15) is 4.79 Å². The summed E-state index contributed by atoms with van der Waals surface area (Å²) < 4.78 is 4.73. The van der Waals surface area contributed by atoms with E-state index in [1.54, 1.807) is 0 Å². The fourth-order valence-corrected chi connectivity index (χ4v) is 1.99. The molecule has 0 spiro atoms. The molecule has 0 bridgehead atoms. The third-order valence-corrected chi connectivity index (χ3v) is 2.75. The number of hydrogen-bond acceptors (Lipinski definition) is 3. The summed E-state index contributed by atoms with van der Waals surface area (Å²) in [6.45, 7) is 3.14. The Bertz CT molecular complexity index is 162. The van der Waals surface area contributed by atoms with Gasteiger partial charge in [-0.2, -0.15) is 0 Å². The molecule has 0 radical (unpaired) electrons. The minimum Gasteiger partial charge on any atom is -0.469 e. The highest BCUT2D eigenvalue weighted by molar-refractivity contribution is 5.72. The zero-order chi connectivity index (χ0) is 9.68. The van der Waals surface area contributed by atoms with Crippen molar-refractivity contribution in [3.63, 3.8) is 0 Å². The van der Waals surface area contributed by atoms with Crippen LogP contribution >= 0.6 is 0 Å². The van der Waals surface area contributed by atoms with Crippen LogP contribution < -0.4 is 5.32 Å². The van der Waals surface area contributed by atoms with Crippen LogP contribution in [0.25, 0.3) is 0 Å². The van der Waals surface area contributed by atoms with E-state index >= 15 is 0 Å². The fraction of sp³-hybridized carbons (Fsp3) is 0.900. The third kappa shape index (κ3) is 2.99. The largest absolute Gasteiger partial charge is 0.469 e. The Morgan fingerprint density at radius 2 is 2.00 bits per heavy atom. The Hall–Kier alpha value is -0.570. The molecule has 1 N–H and O–H groups in total. The van der Waals surface area contributed by atoms with Crippen molar-refractivity contribution in [3.05, 3.63) is 0 Å². The van der Waals surface area contributed by atoms with E-state index in [-0.39, 0.29) is 11.9 Å². The molecule has 0 aromatic heterocycles. The third-order valence-electron chi connectivity index (χ3n) is 2.75. The van der Waals surface area contributed by atoms with Gasteiger partial charge in [0.1, 0.15) is 0 Å². The Morgan fingerprint density at radius 3 is 2.46 bits per heavy atom. The van der Waals surface area contributed by atoms with Gasteiger partial charge in [0.2, 0.25) is 0 Å². The summed E-state index contributed by atoms with van der Waals surface area (Å²) in [7, 11) is 1.47. The number of nitrogens with one attached hydrogen (secondary N) is 1. The molecule has 0 aliphatic heterocycles. The van der Waals surface area contributed by atoms with Crippen LogP contribution in [-0.2, 0) is 9.53 Å². The van der Waals surface area contributed by atoms with Gasteiger partial charge < -0.3 is 10.1 Å². The lowest BCUT2D eigenvalue weighted by molar-refractivity contribution is -0.146. The Morgan fingerprint density at radius 1 is 1.38 bits per heavy atom. The van der Waals surface area contributed by atoms with Crippen molar-refractivity contribution >= 4 is 5.97 Å². The van der Waals surface area contributed by atoms with Crippen molar-refractivity contribution in [1.82, 2.24) is 5.32 Å². The smallest absolute Gasteiger partial charge is 0.308 e. The van der Waals surface area contributed by atoms with Crippen LogP contribution in [0.5, 0.6) is 0 Å². The Balaban J connectivity index is 2.26. The number of esters is 1. The molecule has 1 saturated carbocycles. The molecule has 3 nitrogen and oxygen atoms in total. The lowest BCUT2D eigenvalue weighted by Gasteiger charge is -2.27. The lowest BCUT2D eigenvalue weighted by Crippen LogP contribution is -2.34. The van der Waals surface area contributed by atoms with E-state index < -0.39 is 0 Å². The van der Waals surface area contributed by atoms with E-state index in [1.165, 1.54) is 7.11 Å². The van der Waals surface area contributed by atoms with E-state index in [0.717, 1.165) is 32.2 Å². The number of methoxy groups -OCH3 is 1. The molecule has 3 heteroatoms. The molecular weight excluding hydrogens is 166 g/mol. The first-order valence-electron chi connectivity index (χ1n) is 5.09. The van der Waals surface area contributed by atoms with Crippen LogP contribution in [0.15, 0.2) is 0 Å². The number of rotatable bonds is 3. The monoisotopic (exact) mass is 185 g/mol. The highest BCUT2D eigenvalue weighted by Crippen LogP contribution is 2.24. The zero-order valence-electron chi connectivity index (χ0n) is 8.51. The number of ether oxygens (including phenoxy) is 1. The van der Waals surface area contributed by atoms with Gasteiger partial charge in [-0.15, -0.1) is 0 Å². The second-order valence-electron chi connectivity index (χ2n) is 3.63. The van der Waals surface area contributed by atoms with Gasteiger partial charge in [-0.3, -0.25) is 4.79 Å². The van der Waals surface area contributed by atoms with Crippen LogP contribution in [0.1, 0.15) is 32.6 Å². The predicted molar refractivity (Wildman–Crippen MR) is 51.4 cm³/mol. The summed E-state index contributed by atoms with van der Waals surface area (Å²) in [5, 5.41) is 3.41. The summed E-state index contributed by atoms with van der Waals surface area (Å²) in [6, 6.07) is 0.617. The SMILES string of the molecule is CCNC1CCC(C(=O)OC)CC1. The first-order valence-corrected chi connectivity index (χ1v) is 5.09. The topological polar surface area (TPSA) is 38.3 Å². The van der Waals surface area contributed by atoms with Crippen molar-refractivity contribution in [1.29, 1.82) is 0 Å². The van der Waals surface area contributed by atoms with Gasteiger partial charge in [-0.1, -0.05) is 6.92 Å². The average molecular weight is 185 g/mol. The Kier molecular flexibility index (Phi) is 4.22. The van der Waals surface area contributed by atoms with Gasteiger partial charge in [0, 0.05) is 6.04 Å². The minimum absolute atomic E-state index is 0.0325. The number of hydrogen-bond donors (Lipinski definition) is 1. The van der Waals surface area contributed by atoms with Crippen molar-refractivity contribution in [2.75, 3.05) is 13.7 Å². The molecule has 0 aromatic rings. The second-order valence-corrected chi connectivity index (χ2v) is 3.63. The zero-order valence-corrected chi connectivity index (χ0v) is 8.51. The summed E-state index contributed by atoms with van der Waals surface area (Å²) in [5.41, 5.74) is 0. The second kappa shape index (κ2) is 5.22. The number of carbonyl (C=O) groups is 1. The molecule has 76 valence electrons. The van der Waals surface area contributed by atoms with Crippen LogP contribution in [0, 0.1) is 5.92 Å². The van der Waals surface area contributed by atoms with Crippen LogP contribution in [0.2, 0.25) is 0 Å². The predicted octanol–water partition coefficient (Wildman–Crippen LogP) is 1.33. The van der Waals surface area contributed by atoms with Crippen molar-refractivity contribution in [2.24, 2.45) is 5.92 Å².